The van der Waals surface area contributed by atoms with Gasteiger partial charge in [0, 0.05) is 12.3 Å². The molecule has 0 aromatic heterocycles. The van der Waals surface area contributed by atoms with Gasteiger partial charge in [0.25, 0.3) is 0 Å². The Morgan fingerprint density at radius 2 is 2.00 bits per heavy atom. The van der Waals surface area contributed by atoms with Crippen LogP contribution >= 0.6 is 0 Å². The van der Waals surface area contributed by atoms with E-state index in [1.54, 1.807) is 0 Å². The van der Waals surface area contributed by atoms with Crippen molar-refractivity contribution >= 4 is 11.6 Å². The van der Waals surface area contributed by atoms with Gasteiger partial charge in [-0.1, -0.05) is 17.7 Å². The molecule has 19 heavy (non-hydrogen) atoms. The molecule has 1 aromatic rings. The number of benzene rings is 1. The van der Waals surface area contributed by atoms with Gasteiger partial charge in [0.2, 0.25) is 5.91 Å². The lowest BCUT2D eigenvalue weighted by Crippen LogP contribution is -2.29. The highest BCUT2D eigenvalue weighted by molar-refractivity contribution is 5.92. The monoisotopic (exact) mass is 266 g/mol. The van der Waals surface area contributed by atoms with Crippen LogP contribution in [0.3, 0.4) is 0 Å². The molecule has 1 aromatic carbocycles. The molecule has 0 aliphatic rings. The topological polar surface area (TPSA) is 70.6 Å². The molecule has 0 fully saturated rings. The Labute approximate surface area is 114 Å². The molecular formula is C14H22N2O3. The van der Waals surface area contributed by atoms with Crippen molar-refractivity contribution in [3.63, 3.8) is 0 Å². The van der Waals surface area contributed by atoms with E-state index in [2.05, 4.69) is 10.6 Å². The lowest BCUT2D eigenvalue weighted by Gasteiger charge is -2.07. The summed E-state index contributed by atoms with van der Waals surface area (Å²) in [7, 11) is 0. The Kier molecular flexibility index (Phi) is 7.81. The molecule has 5 nitrogen and oxygen atoms in total. The highest BCUT2D eigenvalue weighted by Gasteiger charge is 2.01. The Bertz CT molecular complexity index is 365. The molecule has 0 spiro atoms. The van der Waals surface area contributed by atoms with Gasteiger partial charge in [-0.15, -0.1) is 0 Å². The maximum atomic E-state index is 11.6. The van der Waals surface area contributed by atoms with Crippen molar-refractivity contribution in [2.75, 3.05) is 38.2 Å². The lowest BCUT2D eigenvalue weighted by molar-refractivity contribution is -0.115. The van der Waals surface area contributed by atoms with Crippen molar-refractivity contribution in [1.82, 2.24) is 5.32 Å². The molecule has 0 atom stereocenters. The number of anilines is 1. The first-order chi connectivity index (χ1) is 9.22. The third kappa shape index (κ3) is 7.56. The minimum absolute atomic E-state index is 0.0480. The summed E-state index contributed by atoms with van der Waals surface area (Å²) < 4.78 is 5.11. The minimum atomic E-state index is -0.0554. The van der Waals surface area contributed by atoms with Crippen molar-refractivity contribution in [1.29, 1.82) is 0 Å². The van der Waals surface area contributed by atoms with Gasteiger partial charge in [-0.25, -0.2) is 0 Å². The van der Waals surface area contributed by atoms with Gasteiger partial charge in [0.1, 0.15) is 0 Å². The lowest BCUT2D eigenvalue weighted by atomic mass is 10.2. The fraction of sp³-hybridized carbons (Fsp3) is 0.500. The van der Waals surface area contributed by atoms with E-state index in [0.717, 1.165) is 12.1 Å². The number of aliphatic hydroxyl groups excluding tert-OH is 1. The summed E-state index contributed by atoms with van der Waals surface area (Å²) in [6, 6.07) is 7.69. The summed E-state index contributed by atoms with van der Waals surface area (Å²) in [5, 5.41) is 14.4. The molecule has 0 unspecified atom stereocenters. The van der Waals surface area contributed by atoms with E-state index in [0.29, 0.717) is 19.8 Å². The average Bonchev–Trinajstić information content (AvgIpc) is 2.40. The van der Waals surface area contributed by atoms with Crippen LogP contribution in [0, 0.1) is 6.92 Å². The van der Waals surface area contributed by atoms with Gasteiger partial charge >= 0.3 is 0 Å². The van der Waals surface area contributed by atoms with Gasteiger partial charge in [-0.3, -0.25) is 4.79 Å². The molecule has 0 radical (unpaired) electrons. The van der Waals surface area contributed by atoms with E-state index in [4.69, 9.17) is 9.84 Å². The van der Waals surface area contributed by atoms with Crippen molar-refractivity contribution < 1.29 is 14.6 Å². The highest BCUT2D eigenvalue weighted by atomic mass is 16.5. The number of carbonyl (C=O) groups excluding carboxylic acids is 1. The van der Waals surface area contributed by atoms with Gasteiger partial charge in [0.05, 0.1) is 19.8 Å². The van der Waals surface area contributed by atoms with Crippen LogP contribution in [0.4, 0.5) is 5.69 Å². The zero-order valence-electron chi connectivity index (χ0n) is 11.3. The van der Waals surface area contributed by atoms with Gasteiger partial charge in [-0.05, 0) is 32.0 Å². The molecule has 0 aliphatic carbocycles. The molecule has 106 valence electrons. The number of nitrogens with one attached hydrogen (secondary N) is 2. The van der Waals surface area contributed by atoms with Crippen LogP contribution < -0.4 is 10.6 Å². The van der Waals surface area contributed by atoms with Crippen molar-refractivity contribution in [2.24, 2.45) is 0 Å². The maximum Gasteiger partial charge on any atom is 0.238 e. The fourth-order valence-corrected chi connectivity index (χ4v) is 1.51. The molecule has 0 heterocycles. The number of carbonyl (C=O) groups is 1. The van der Waals surface area contributed by atoms with Crippen LogP contribution in [0.15, 0.2) is 24.3 Å². The number of ether oxygens (including phenoxy) is 1. The Morgan fingerprint density at radius 3 is 2.68 bits per heavy atom. The van der Waals surface area contributed by atoms with Crippen molar-refractivity contribution in [3.05, 3.63) is 29.8 Å². The molecule has 1 amide bonds. The number of rotatable bonds is 9. The predicted octanol–water partition coefficient (Wildman–Crippen LogP) is 0.922. The zero-order valence-corrected chi connectivity index (χ0v) is 11.3. The smallest absolute Gasteiger partial charge is 0.238 e. The Hall–Kier alpha value is -1.43. The van der Waals surface area contributed by atoms with E-state index in [-0.39, 0.29) is 19.1 Å². The quantitative estimate of drug-likeness (QED) is 0.581. The summed E-state index contributed by atoms with van der Waals surface area (Å²) in [6.07, 6.45) is 0.817. The first-order valence-electron chi connectivity index (χ1n) is 6.48. The first kappa shape index (κ1) is 15.6. The van der Waals surface area contributed by atoms with Crippen molar-refractivity contribution in [2.45, 2.75) is 13.3 Å². The van der Waals surface area contributed by atoms with Crippen LogP contribution in [0.25, 0.3) is 0 Å². The largest absolute Gasteiger partial charge is 0.394 e. The second-order valence-corrected chi connectivity index (χ2v) is 4.28. The Balaban J connectivity index is 2.06. The van der Waals surface area contributed by atoms with E-state index >= 15 is 0 Å². The van der Waals surface area contributed by atoms with Crippen LogP contribution in [-0.2, 0) is 9.53 Å². The predicted molar refractivity (Wildman–Crippen MR) is 75.2 cm³/mol. The maximum absolute atomic E-state index is 11.6. The zero-order chi connectivity index (χ0) is 13.9. The number of hydrogen-bond donors (Lipinski definition) is 3. The highest BCUT2D eigenvalue weighted by Crippen LogP contribution is 2.07. The van der Waals surface area contributed by atoms with Crippen LogP contribution in [-0.4, -0.2) is 43.9 Å². The van der Waals surface area contributed by atoms with Gasteiger partial charge < -0.3 is 20.5 Å². The molecule has 0 aliphatic heterocycles. The molecule has 1 rings (SSSR count). The number of aliphatic hydroxyl groups is 1. The SMILES string of the molecule is Cc1ccc(NC(=O)CNCCCOCCO)cc1. The number of hydrogen-bond acceptors (Lipinski definition) is 4. The summed E-state index contributed by atoms with van der Waals surface area (Å²) in [4.78, 5) is 11.6. The molecule has 0 saturated carbocycles. The molecule has 0 bridgehead atoms. The normalized spacial score (nSPS) is 10.4. The second-order valence-electron chi connectivity index (χ2n) is 4.28. The second kappa shape index (κ2) is 9.49. The van der Waals surface area contributed by atoms with Crippen molar-refractivity contribution in [3.8, 4) is 0 Å². The fourth-order valence-electron chi connectivity index (χ4n) is 1.51. The number of amides is 1. The van der Waals surface area contributed by atoms with Crippen LogP contribution in [0.2, 0.25) is 0 Å². The van der Waals surface area contributed by atoms with E-state index in [1.807, 2.05) is 31.2 Å². The van der Waals surface area contributed by atoms with Gasteiger partial charge in [-0.2, -0.15) is 0 Å². The molecular weight excluding hydrogens is 244 g/mol. The third-order valence-corrected chi connectivity index (χ3v) is 2.50. The van der Waals surface area contributed by atoms with E-state index < -0.39 is 0 Å². The minimum Gasteiger partial charge on any atom is -0.394 e. The molecule has 5 heteroatoms. The summed E-state index contributed by atoms with van der Waals surface area (Å²) in [5.74, 6) is -0.0554. The summed E-state index contributed by atoms with van der Waals surface area (Å²) in [5.41, 5.74) is 1.97. The summed E-state index contributed by atoms with van der Waals surface area (Å²) in [6.45, 7) is 4.01. The van der Waals surface area contributed by atoms with Crippen LogP contribution in [0.5, 0.6) is 0 Å². The number of aryl methyl sites for hydroxylation is 1. The third-order valence-electron chi connectivity index (χ3n) is 2.50. The molecule has 0 saturated heterocycles. The van der Waals surface area contributed by atoms with Gasteiger partial charge in [0.15, 0.2) is 0 Å². The van der Waals surface area contributed by atoms with Crippen LogP contribution in [0.1, 0.15) is 12.0 Å². The van der Waals surface area contributed by atoms with E-state index in [9.17, 15) is 4.79 Å². The first-order valence-corrected chi connectivity index (χ1v) is 6.48. The summed E-state index contributed by atoms with van der Waals surface area (Å²) >= 11 is 0. The standard InChI is InChI=1S/C14H22N2O3/c1-12-3-5-13(6-4-12)16-14(18)11-15-7-2-9-19-10-8-17/h3-6,15,17H,2,7-11H2,1H3,(H,16,18). The Morgan fingerprint density at radius 1 is 1.26 bits per heavy atom. The van der Waals surface area contributed by atoms with E-state index in [1.165, 1.54) is 5.56 Å². The average molecular weight is 266 g/mol. The molecule has 3 N–H and O–H groups in total.